The number of aliphatic hydroxyl groups is 1. The molecule has 0 aliphatic heterocycles. The number of hydrogen-bond donors (Lipinski definition) is 2. The fourth-order valence-electron chi connectivity index (χ4n) is 4.80. The molecule has 0 radical (unpaired) electrons. The number of carbonyl (C=O) groups is 2. The van der Waals surface area contributed by atoms with Crippen LogP contribution in [0, 0.1) is 0 Å². The number of ether oxygens (including phenoxy) is 1. The van der Waals surface area contributed by atoms with Gasteiger partial charge in [-0.2, -0.15) is 0 Å². The first-order valence-corrected chi connectivity index (χ1v) is 11.8. The van der Waals surface area contributed by atoms with Crippen LogP contribution < -0.4 is 10.1 Å². The molecular weight excluding hydrogens is 428 g/mol. The van der Waals surface area contributed by atoms with Gasteiger partial charge in [-0.3, -0.25) is 9.78 Å². The molecule has 2 atom stereocenters. The maximum Gasteiger partial charge on any atom is 0.337 e. The second-order valence-electron chi connectivity index (χ2n) is 8.64. The smallest absolute Gasteiger partial charge is 0.337 e. The minimum Gasteiger partial charge on any atom is -0.425 e. The Kier molecular flexibility index (Phi) is 8.04. The van der Waals surface area contributed by atoms with Crippen LogP contribution in [0.1, 0.15) is 59.8 Å². The number of nitrogens with zero attached hydrogens (tertiary/aromatic N) is 1. The third-order valence-electron chi connectivity index (χ3n) is 6.43. The third kappa shape index (κ3) is 5.88. The van der Waals surface area contributed by atoms with Crippen molar-refractivity contribution >= 4 is 11.9 Å². The maximum atomic E-state index is 12.9. The summed E-state index contributed by atoms with van der Waals surface area (Å²) in [5.74, 6) is 0.144. The number of fused-ring (bicyclic) bond motifs is 1. The Bertz CT molecular complexity index is 1060. The second-order valence-corrected chi connectivity index (χ2v) is 8.64. The normalized spacial score (nSPS) is 15.7. The Labute approximate surface area is 200 Å². The first-order chi connectivity index (χ1) is 16.7. The largest absolute Gasteiger partial charge is 0.425 e. The number of aromatic nitrogens is 1. The molecule has 0 bridgehead atoms. The van der Waals surface area contributed by atoms with Crippen molar-refractivity contribution < 1.29 is 19.4 Å². The average Bonchev–Trinajstić information content (AvgIpc) is 2.88. The number of benzene rings is 2. The van der Waals surface area contributed by atoms with Crippen LogP contribution in [-0.4, -0.2) is 35.1 Å². The molecule has 0 fully saturated rings. The Hall–Kier alpha value is -3.51. The van der Waals surface area contributed by atoms with Crippen LogP contribution in [0.15, 0.2) is 73.1 Å². The van der Waals surface area contributed by atoms with Crippen molar-refractivity contribution in [2.75, 3.05) is 13.2 Å². The van der Waals surface area contributed by atoms with Gasteiger partial charge >= 0.3 is 5.97 Å². The predicted molar refractivity (Wildman–Crippen MR) is 130 cm³/mol. The molecule has 1 heterocycles. The van der Waals surface area contributed by atoms with E-state index in [1.165, 1.54) is 5.56 Å². The molecule has 6 nitrogen and oxygen atoms in total. The molecule has 1 aliphatic rings. The number of carbonyl (C=O) groups excluding carboxylic acids is 2. The lowest BCUT2D eigenvalue weighted by molar-refractivity contribution is -0.137. The summed E-state index contributed by atoms with van der Waals surface area (Å²) < 4.78 is 5.32. The van der Waals surface area contributed by atoms with Crippen molar-refractivity contribution in [2.45, 2.75) is 43.9 Å². The molecule has 6 heteroatoms. The van der Waals surface area contributed by atoms with Gasteiger partial charge in [0.2, 0.25) is 5.91 Å². The van der Waals surface area contributed by atoms with E-state index in [1.807, 2.05) is 54.7 Å². The zero-order valence-corrected chi connectivity index (χ0v) is 19.2. The lowest BCUT2D eigenvalue weighted by Gasteiger charge is -2.27. The molecule has 1 aromatic heterocycles. The van der Waals surface area contributed by atoms with Crippen LogP contribution in [0.2, 0.25) is 0 Å². The van der Waals surface area contributed by atoms with Gasteiger partial charge < -0.3 is 15.2 Å². The minimum atomic E-state index is -0.649. The molecule has 34 heavy (non-hydrogen) atoms. The molecule has 176 valence electrons. The highest BCUT2D eigenvalue weighted by molar-refractivity contribution is 5.77. The average molecular weight is 459 g/mol. The van der Waals surface area contributed by atoms with Gasteiger partial charge in [0.15, 0.2) is 0 Å². The fourth-order valence-corrected chi connectivity index (χ4v) is 4.80. The van der Waals surface area contributed by atoms with Gasteiger partial charge in [0.05, 0.1) is 0 Å². The lowest BCUT2D eigenvalue weighted by atomic mass is 9.80. The molecular formula is C28H30N2O4. The van der Waals surface area contributed by atoms with E-state index < -0.39 is 12.6 Å². The van der Waals surface area contributed by atoms with E-state index in [9.17, 15) is 9.59 Å². The number of esters is 1. The highest BCUT2D eigenvalue weighted by atomic mass is 16.5. The summed E-state index contributed by atoms with van der Waals surface area (Å²) in [7, 11) is 0. The van der Waals surface area contributed by atoms with Crippen LogP contribution >= 0.6 is 0 Å². The number of rotatable bonds is 9. The van der Waals surface area contributed by atoms with Gasteiger partial charge in [-0.05, 0) is 66.0 Å². The van der Waals surface area contributed by atoms with E-state index in [-0.39, 0.29) is 11.8 Å². The highest BCUT2D eigenvalue weighted by Crippen LogP contribution is 2.38. The molecule has 2 N–H and O–H groups in total. The van der Waals surface area contributed by atoms with Crippen molar-refractivity contribution in [3.8, 4) is 5.75 Å². The number of amides is 1. The molecule has 2 aromatic carbocycles. The summed E-state index contributed by atoms with van der Waals surface area (Å²) in [5, 5.41) is 12.1. The van der Waals surface area contributed by atoms with Crippen LogP contribution in [0.4, 0.5) is 0 Å². The van der Waals surface area contributed by atoms with E-state index in [4.69, 9.17) is 9.84 Å². The number of aliphatic hydroxyl groups excluding tert-OH is 1. The summed E-state index contributed by atoms with van der Waals surface area (Å²) in [6, 6.07) is 19.7. The van der Waals surface area contributed by atoms with Crippen LogP contribution in [0.25, 0.3) is 0 Å². The Morgan fingerprint density at radius 3 is 2.65 bits per heavy atom. The van der Waals surface area contributed by atoms with Crippen molar-refractivity contribution in [1.29, 1.82) is 0 Å². The molecule has 1 amide bonds. The van der Waals surface area contributed by atoms with Crippen LogP contribution in [0.5, 0.6) is 5.75 Å². The summed E-state index contributed by atoms with van der Waals surface area (Å²) in [6.07, 6.45) is 7.61. The zero-order chi connectivity index (χ0) is 23.8. The molecule has 2 unspecified atom stereocenters. The van der Waals surface area contributed by atoms with Crippen LogP contribution in [-0.2, 0) is 16.0 Å². The van der Waals surface area contributed by atoms with Crippen molar-refractivity contribution in [3.05, 3.63) is 95.3 Å². The molecule has 0 saturated carbocycles. The third-order valence-corrected chi connectivity index (χ3v) is 6.43. The van der Waals surface area contributed by atoms with Crippen molar-refractivity contribution in [3.63, 3.8) is 0 Å². The summed E-state index contributed by atoms with van der Waals surface area (Å²) in [6.45, 7) is -0.0553. The van der Waals surface area contributed by atoms with E-state index in [0.717, 1.165) is 42.4 Å². The van der Waals surface area contributed by atoms with Gasteiger partial charge in [0.25, 0.3) is 0 Å². The lowest BCUT2D eigenvalue weighted by Crippen LogP contribution is -2.28. The predicted octanol–water partition coefficient (Wildman–Crippen LogP) is 4.13. The SMILES string of the molecule is O=C(CC(c1ccccc1)c1cccnc1)NCCC1CCCc2c(OC(=O)CO)cccc21. The van der Waals surface area contributed by atoms with Crippen molar-refractivity contribution in [2.24, 2.45) is 0 Å². The van der Waals surface area contributed by atoms with Gasteiger partial charge in [0.1, 0.15) is 12.4 Å². The summed E-state index contributed by atoms with van der Waals surface area (Å²) >= 11 is 0. The maximum absolute atomic E-state index is 12.9. The highest BCUT2D eigenvalue weighted by Gasteiger charge is 2.24. The Balaban J connectivity index is 1.38. The first kappa shape index (κ1) is 23.6. The standard InChI is InChI=1S/C28H30N2O4/c31-19-28(33)34-26-13-5-11-23-21(9-4-12-24(23)26)14-16-30-27(32)17-25(20-7-2-1-3-8-20)22-10-6-15-29-18-22/h1-3,5-8,10-11,13,15,18,21,25,31H,4,9,12,14,16-17,19H2,(H,30,32). The first-order valence-electron chi connectivity index (χ1n) is 11.8. The van der Waals surface area contributed by atoms with E-state index in [2.05, 4.69) is 16.4 Å². The van der Waals surface area contributed by atoms with Crippen molar-refractivity contribution in [1.82, 2.24) is 10.3 Å². The van der Waals surface area contributed by atoms with E-state index >= 15 is 0 Å². The zero-order valence-electron chi connectivity index (χ0n) is 19.2. The molecule has 4 rings (SSSR count). The molecule has 0 saturated heterocycles. The minimum absolute atomic E-state index is 0.0133. The molecule has 1 aliphatic carbocycles. The van der Waals surface area contributed by atoms with Gasteiger partial charge in [-0.1, -0.05) is 48.5 Å². The monoisotopic (exact) mass is 458 g/mol. The summed E-state index contributed by atoms with van der Waals surface area (Å²) in [5.41, 5.74) is 4.32. The molecule has 3 aromatic rings. The van der Waals surface area contributed by atoms with Gasteiger partial charge in [-0.15, -0.1) is 0 Å². The van der Waals surface area contributed by atoms with Gasteiger partial charge in [-0.25, -0.2) is 4.79 Å². The van der Waals surface area contributed by atoms with E-state index in [0.29, 0.717) is 24.6 Å². The van der Waals surface area contributed by atoms with E-state index in [1.54, 1.807) is 12.3 Å². The van der Waals surface area contributed by atoms with Crippen LogP contribution in [0.3, 0.4) is 0 Å². The number of pyridine rings is 1. The van der Waals surface area contributed by atoms with Gasteiger partial charge in [0, 0.05) is 31.3 Å². The second kappa shape index (κ2) is 11.6. The number of nitrogens with one attached hydrogen (secondary N) is 1. The quantitative estimate of drug-likeness (QED) is 0.372. The number of hydrogen-bond acceptors (Lipinski definition) is 5. The summed E-state index contributed by atoms with van der Waals surface area (Å²) in [4.78, 5) is 28.7. The topological polar surface area (TPSA) is 88.5 Å². The Morgan fingerprint density at radius 2 is 1.88 bits per heavy atom. The Morgan fingerprint density at radius 1 is 1.06 bits per heavy atom. The molecule has 0 spiro atoms. The fraction of sp³-hybridized carbons (Fsp3) is 0.321.